The van der Waals surface area contributed by atoms with E-state index in [9.17, 15) is 9.59 Å². The second-order valence-electron chi connectivity index (χ2n) is 6.91. The van der Waals surface area contributed by atoms with Gasteiger partial charge in [-0.15, -0.1) is 5.10 Å². The Morgan fingerprint density at radius 1 is 1.00 bits per heavy atom. The van der Waals surface area contributed by atoms with E-state index in [4.69, 9.17) is 4.74 Å². The Kier molecular flexibility index (Phi) is 4.68. The first kappa shape index (κ1) is 18.9. The highest BCUT2D eigenvalue weighted by molar-refractivity contribution is 5.74. The number of nitrogens with zero attached hydrogens (tertiary/aromatic N) is 7. The van der Waals surface area contributed by atoms with Gasteiger partial charge in [0.2, 0.25) is 0 Å². The molecule has 156 valence electrons. The molecule has 2 aromatic carbocycles. The molecule has 0 saturated heterocycles. The minimum absolute atomic E-state index is 0.0826. The number of imidazole rings is 1. The number of benzene rings is 2. The molecule has 0 amide bonds. The second kappa shape index (κ2) is 7.65. The molecule has 0 radical (unpaired) electrons. The molecule has 31 heavy (non-hydrogen) atoms. The van der Waals surface area contributed by atoms with Crippen LogP contribution in [0.15, 0.2) is 70.5 Å². The topological polar surface area (TPSA) is 102 Å². The van der Waals surface area contributed by atoms with Crippen LogP contribution < -0.4 is 11.2 Å². The van der Waals surface area contributed by atoms with E-state index in [1.54, 1.807) is 16.7 Å². The number of ether oxygens (including phenoxy) is 1. The Morgan fingerprint density at radius 2 is 1.77 bits per heavy atom. The molecule has 0 spiro atoms. The van der Waals surface area contributed by atoms with Crippen molar-refractivity contribution < 1.29 is 4.74 Å². The summed E-state index contributed by atoms with van der Waals surface area (Å²) in [7, 11) is 0. The molecule has 0 fully saturated rings. The maximum Gasteiger partial charge on any atom is 0.338 e. The highest BCUT2D eigenvalue weighted by Gasteiger charge is 2.20. The SMILES string of the molecule is CCOCn1cnc2c1c(=O)n(Cn1nnc3ccccc31)c(=O)n2-c1ccccc1. The summed E-state index contributed by atoms with van der Waals surface area (Å²) in [5.74, 6) is 0. The molecule has 5 rings (SSSR count). The van der Waals surface area contributed by atoms with Gasteiger partial charge in [0.05, 0.1) is 17.5 Å². The van der Waals surface area contributed by atoms with E-state index in [0.29, 0.717) is 17.8 Å². The van der Waals surface area contributed by atoms with Crippen molar-refractivity contribution in [2.24, 2.45) is 0 Å². The lowest BCUT2D eigenvalue weighted by Gasteiger charge is -2.13. The maximum atomic E-state index is 13.5. The lowest BCUT2D eigenvalue weighted by atomic mass is 10.3. The first-order valence-electron chi connectivity index (χ1n) is 9.81. The van der Waals surface area contributed by atoms with Gasteiger partial charge in [-0.2, -0.15) is 0 Å². The van der Waals surface area contributed by atoms with E-state index >= 15 is 0 Å². The van der Waals surface area contributed by atoms with Crippen LogP contribution in [0.1, 0.15) is 6.92 Å². The van der Waals surface area contributed by atoms with Gasteiger partial charge in [0.25, 0.3) is 5.56 Å². The quantitative estimate of drug-likeness (QED) is 0.416. The summed E-state index contributed by atoms with van der Waals surface area (Å²) in [5.41, 5.74) is 1.59. The number of aromatic nitrogens is 7. The molecule has 10 heteroatoms. The summed E-state index contributed by atoms with van der Waals surface area (Å²) in [6.45, 7) is 2.42. The van der Waals surface area contributed by atoms with Crippen molar-refractivity contribution in [2.45, 2.75) is 20.3 Å². The molecule has 3 aromatic heterocycles. The monoisotopic (exact) mass is 417 g/mol. The van der Waals surface area contributed by atoms with Crippen molar-refractivity contribution in [1.82, 2.24) is 33.7 Å². The number of hydrogen-bond acceptors (Lipinski definition) is 6. The summed E-state index contributed by atoms with van der Waals surface area (Å²) >= 11 is 0. The molecule has 0 saturated carbocycles. The molecular formula is C21H19N7O3. The van der Waals surface area contributed by atoms with Crippen LogP contribution in [-0.4, -0.2) is 40.3 Å². The lowest BCUT2D eigenvalue weighted by molar-refractivity contribution is 0.0903. The Hall–Kier alpha value is -4.05. The van der Waals surface area contributed by atoms with Gasteiger partial charge in [-0.3, -0.25) is 4.79 Å². The average molecular weight is 417 g/mol. The number of rotatable bonds is 6. The van der Waals surface area contributed by atoms with Crippen LogP contribution in [0.2, 0.25) is 0 Å². The number of hydrogen-bond donors (Lipinski definition) is 0. The molecule has 0 unspecified atom stereocenters. The van der Waals surface area contributed by atoms with Gasteiger partial charge in [0.1, 0.15) is 18.9 Å². The smallest absolute Gasteiger partial charge is 0.338 e. The average Bonchev–Trinajstić information content (AvgIpc) is 3.40. The molecule has 0 aliphatic rings. The third-order valence-electron chi connectivity index (χ3n) is 5.04. The molecule has 3 heterocycles. The first-order valence-corrected chi connectivity index (χ1v) is 9.81. The largest absolute Gasteiger partial charge is 0.361 e. The minimum Gasteiger partial charge on any atom is -0.361 e. The van der Waals surface area contributed by atoms with E-state index in [-0.39, 0.29) is 24.6 Å². The molecule has 5 aromatic rings. The number of fused-ring (bicyclic) bond motifs is 2. The minimum atomic E-state index is -0.509. The van der Waals surface area contributed by atoms with Gasteiger partial charge in [0.15, 0.2) is 11.2 Å². The van der Waals surface area contributed by atoms with Crippen LogP contribution in [0.3, 0.4) is 0 Å². The van der Waals surface area contributed by atoms with Crippen molar-refractivity contribution in [2.75, 3.05) is 6.61 Å². The zero-order chi connectivity index (χ0) is 21.4. The molecule has 0 N–H and O–H groups in total. The third-order valence-corrected chi connectivity index (χ3v) is 5.04. The molecule has 0 aliphatic carbocycles. The van der Waals surface area contributed by atoms with Crippen LogP contribution >= 0.6 is 0 Å². The van der Waals surface area contributed by atoms with Crippen molar-refractivity contribution in [1.29, 1.82) is 0 Å². The van der Waals surface area contributed by atoms with Gasteiger partial charge >= 0.3 is 5.69 Å². The van der Waals surface area contributed by atoms with E-state index in [2.05, 4.69) is 15.3 Å². The normalized spacial score (nSPS) is 11.5. The zero-order valence-corrected chi connectivity index (χ0v) is 16.8. The second-order valence-corrected chi connectivity index (χ2v) is 6.91. The van der Waals surface area contributed by atoms with E-state index in [1.165, 1.54) is 15.6 Å². The third kappa shape index (κ3) is 3.13. The van der Waals surface area contributed by atoms with Gasteiger partial charge < -0.3 is 9.30 Å². The van der Waals surface area contributed by atoms with Gasteiger partial charge in [-0.1, -0.05) is 35.5 Å². The summed E-state index contributed by atoms with van der Waals surface area (Å²) in [6.07, 6.45) is 1.51. The predicted molar refractivity (Wildman–Crippen MR) is 114 cm³/mol. The Balaban J connectivity index is 1.77. The summed E-state index contributed by atoms with van der Waals surface area (Å²) < 4.78 is 11.2. The zero-order valence-electron chi connectivity index (χ0n) is 16.8. The molecule has 0 atom stereocenters. The number of para-hydroxylation sites is 2. The maximum absolute atomic E-state index is 13.5. The summed E-state index contributed by atoms with van der Waals surface area (Å²) in [5, 5.41) is 8.24. The summed E-state index contributed by atoms with van der Waals surface area (Å²) in [6, 6.07) is 16.5. The van der Waals surface area contributed by atoms with Crippen LogP contribution in [0.25, 0.3) is 27.9 Å². The van der Waals surface area contributed by atoms with Gasteiger partial charge in [-0.25, -0.2) is 23.6 Å². The van der Waals surface area contributed by atoms with Crippen LogP contribution in [-0.2, 0) is 18.1 Å². The van der Waals surface area contributed by atoms with Crippen molar-refractivity contribution in [3.05, 3.63) is 81.8 Å². The van der Waals surface area contributed by atoms with Gasteiger partial charge in [-0.05, 0) is 31.2 Å². The fourth-order valence-electron chi connectivity index (χ4n) is 3.56. The Morgan fingerprint density at radius 3 is 2.58 bits per heavy atom. The van der Waals surface area contributed by atoms with Crippen molar-refractivity contribution in [3.8, 4) is 5.69 Å². The standard InChI is InChI=1S/C21H19N7O3/c1-2-31-14-25-12-22-19-18(25)20(29)26(21(30)28(19)15-8-4-3-5-9-15)13-27-17-11-7-6-10-16(17)23-24-27/h3-12H,2,13-14H2,1H3. The van der Waals surface area contributed by atoms with Crippen LogP contribution in [0.4, 0.5) is 0 Å². The lowest BCUT2D eigenvalue weighted by Crippen LogP contribution is -2.41. The molecule has 0 bridgehead atoms. The first-order chi connectivity index (χ1) is 15.2. The van der Waals surface area contributed by atoms with E-state index in [1.807, 2.05) is 49.4 Å². The van der Waals surface area contributed by atoms with Crippen molar-refractivity contribution >= 4 is 22.2 Å². The van der Waals surface area contributed by atoms with Crippen molar-refractivity contribution in [3.63, 3.8) is 0 Å². The van der Waals surface area contributed by atoms with E-state index < -0.39 is 11.2 Å². The fourth-order valence-corrected chi connectivity index (χ4v) is 3.56. The Bertz CT molecular complexity index is 1490. The van der Waals surface area contributed by atoms with E-state index in [0.717, 1.165) is 10.1 Å². The fraction of sp³-hybridized carbons (Fsp3) is 0.190. The van der Waals surface area contributed by atoms with Crippen LogP contribution in [0.5, 0.6) is 0 Å². The molecule has 10 nitrogen and oxygen atoms in total. The van der Waals surface area contributed by atoms with Crippen LogP contribution in [0, 0.1) is 0 Å². The summed E-state index contributed by atoms with van der Waals surface area (Å²) in [4.78, 5) is 31.2. The molecular weight excluding hydrogens is 398 g/mol. The highest BCUT2D eigenvalue weighted by Crippen LogP contribution is 2.14. The highest BCUT2D eigenvalue weighted by atomic mass is 16.5. The predicted octanol–water partition coefficient (Wildman–Crippen LogP) is 1.59. The van der Waals surface area contributed by atoms with Gasteiger partial charge in [0, 0.05) is 6.61 Å². The Labute approximate surface area is 175 Å². The molecule has 0 aliphatic heterocycles.